The van der Waals surface area contributed by atoms with Gasteiger partial charge >= 0.3 is 0 Å². The number of amides is 2. The molecule has 188 valence electrons. The summed E-state index contributed by atoms with van der Waals surface area (Å²) in [6.07, 6.45) is 16.5. The zero-order valence-electron chi connectivity index (χ0n) is 22.0. The highest BCUT2D eigenvalue weighted by Gasteiger charge is 2.41. The van der Waals surface area contributed by atoms with Crippen molar-refractivity contribution in [2.24, 2.45) is 34.5 Å². The van der Waals surface area contributed by atoms with Gasteiger partial charge in [-0.2, -0.15) is 0 Å². The topological polar surface area (TPSA) is 40.6 Å². The van der Waals surface area contributed by atoms with Crippen LogP contribution in [0.4, 0.5) is 0 Å². The van der Waals surface area contributed by atoms with Crippen LogP contribution in [0.3, 0.4) is 0 Å². The van der Waals surface area contributed by atoms with Crippen molar-refractivity contribution in [3.8, 4) is 0 Å². The molecule has 2 amide bonds. The molecule has 2 aliphatic carbocycles. The Morgan fingerprint density at radius 2 is 1.27 bits per heavy atom. The summed E-state index contributed by atoms with van der Waals surface area (Å²) in [7, 11) is 0. The lowest BCUT2D eigenvalue weighted by Crippen LogP contribution is -2.48. The average Bonchev–Trinajstić information content (AvgIpc) is 2.81. The highest BCUT2D eigenvalue weighted by Crippen LogP contribution is 2.48. The number of nitrogens with zero attached hydrogens (tertiary/aromatic N) is 2. The summed E-state index contributed by atoms with van der Waals surface area (Å²) in [6.45, 7) is 12.4. The van der Waals surface area contributed by atoms with Crippen LogP contribution in [-0.2, 0) is 9.59 Å². The molecular weight excluding hydrogens is 408 g/mol. The second kappa shape index (κ2) is 10.3. The number of rotatable bonds is 3. The standard InChI is InChI=1S/C29H50N2O2/c1-22-5-7-25(8-6-22)26(32)30-17-11-24(12-18-30)21-23-9-13-29(14-10-23)15-19-31(20-16-29)27(33)28(2,3)4/h22-25H,5-21H2,1-4H3. The Kier molecular flexibility index (Phi) is 7.80. The predicted molar refractivity (Wildman–Crippen MR) is 135 cm³/mol. The maximum atomic E-state index is 12.9. The van der Waals surface area contributed by atoms with E-state index in [4.69, 9.17) is 0 Å². The summed E-state index contributed by atoms with van der Waals surface area (Å²) < 4.78 is 0. The van der Waals surface area contributed by atoms with E-state index >= 15 is 0 Å². The molecule has 4 aliphatic rings. The van der Waals surface area contributed by atoms with Crippen LogP contribution in [-0.4, -0.2) is 47.8 Å². The molecule has 33 heavy (non-hydrogen) atoms. The first-order valence-corrected chi connectivity index (χ1v) is 14.2. The third-order valence-electron chi connectivity index (χ3n) is 9.88. The van der Waals surface area contributed by atoms with E-state index in [0.717, 1.165) is 56.8 Å². The van der Waals surface area contributed by atoms with E-state index in [1.165, 1.54) is 70.6 Å². The fraction of sp³-hybridized carbons (Fsp3) is 0.931. The smallest absolute Gasteiger partial charge is 0.227 e. The van der Waals surface area contributed by atoms with E-state index < -0.39 is 0 Å². The minimum absolute atomic E-state index is 0.253. The second-order valence-electron chi connectivity index (χ2n) is 13.4. The minimum Gasteiger partial charge on any atom is -0.342 e. The molecule has 2 saturated heterocycles. The van der Waals surface area contributed by atoms with E-state index in [-0.39, 0.29) is 5.41 Å². The van der Waals surface area contributed by atoms with E-state index in [0.29, 0.717) is 23.1 Å². The van der Waals surface area contributed by atoms with Crippen molar-refractivity contribution in [2.75, 3.05) is 26.2 Å². The summed E-state index contributed by atoms with van der Waals surface area (Å²) >= 11 is 0. The SMILES string of the molecule is CC1CCC(C(=O)N2CCC(CC3CCC4(CC3)CCN(C(=O)C(C)(C)C)CC4)CC2)CC1. The lowest BCUT2D eigenvalue weighted by Gasteiger charge is -2.47. The molecule has 0 atom stereocenters. The van der Waals surface area contributed by atoms with Gasteiger partial charge in [0.05, 0.1) is 0 Å². The van der Waals surface area contributed by atoms with Gasteiger partial charge in [0.1, 0.15) is 0 Å². The molecule has 0 aromatic heterocycles. The number of piperidine rings is 2. The number of hydrogen-bond donors (Lipinski definition) is 0. The van der Waals surface area contributed by atoms with Crippen LogP contribution in [0.1, 0.15) is 111 Å². The zero-order chi connectivity index (χ0) is 23.6. The Morgan fingerprint density at radius 1 is 0.727 bits per heavy atom. The third kappa shape index (κ3) is 6.14. The van der Waals surface area contributed by atoms with E-state index in [2.05, 4.69) is 16.7 Å². The maximum Gasteiger partial charge on any atom is 0.227 e. The summed E-state index contributed by atoms with van der Waals surface area (Å²) in [5.41, 5.74) is 0.260. The largest absolute Gasteiger partial charge is 0.342 e. The van der Waals surface area contributed by atoms with Crippen molar-refractivity contribution in [3.63, 3.8) is 0 Å². The lowest BCUT2D eigenvalue weighted by atomic mass is 9.64. The van der Waals surface area contributed by atoms with Gasteiger partial charge in [0.25, 0.3) is 0 Å². The van der Waals surface area contributed by atoms with E-state index in [1.54, 1.807) is 0 Å². The molecule has 0 N–H and O–H groups in total. The highest BCUT2D eigenvalue weighted by atomic mass is 16.2. The number of carbonyl (C=O) groups excluding carboxylic acids is 2. The summed E-state index contributed by atoms with van der Waals surface area (Å²) in [4.78, 5) is 29.9. The van der Waals surface area contributed by atoms with Crippen molar-refractivity contribution in [1.29, 1.82) is 0 Å². The Hall–Kier alpha value is -1.06. The maximum absolute atomic E-state index is 12.9. The fourth-order valence-corrected chi connectivity index (χ4v) is 7.31. The molecule has 0 bridgehead atoms. The molecule has 0 aromatic carbocycles. The fourth-order valence-electron chi connectivity index (χ4n) is 7.31. The third-order valence-corrected chi connectivity index (χ3v) is 9.88. The first-order chi connectivity index (χ1) is 15.7. The quantitative estimate of drug-likeness (QED) is 0.499. The van der Waals surface area contributed by atoms with Gasteiger partial charge in [-0.05, 0) is 107 Å². The van der Waals surface area contributed by atoms with Gasteiger partial charge in [0.2, 0.25) is 11.8 Å². The van der Waals surface area contributed by atoms with Gasteiger partial charge in [0, 0.05) is 37.5 Å². The van der Waals surface area contributed by atoms with Crippen molar-refractivity contribution >= 4 is 11.8 Å². The first-order valence-electron chi connectivity index (χ1n) is 14.2. The zero-order valence-corrected chi connectivity index (χ0v) is 22.0. The van der Waals surface area contributed by atoms with Crippen molar-refractivity contribution in [3.05, 3.63) is 0 Å². The molecule has 4 heteroatoms. The molecule has 0 unspecified atom stereocenters. The van der Waals surface area contributed by atoms with Crippen LogP contribution >= 0.6 is 0 Å². The van der Waals surface area contributed by atoms with Crippen LogP contribution in [0, 0.1) is 34.5 Å². The van der Waals surface area contributed by atoms with Crippen LogP contribution in [0.25, 0.3) is 0 Å². The highest BCUT2D eigenvalue weighted by molar-refractivity contribution is 5.81. The first kappa shape index (κ1) is 25.0. The average molecular weight is 459 g/mol. The van der Waals surface area contributed by atoms with Gasteiger partial charge in [-0.3, -0.25) is 9.59 Å². The molecule has 4 nitrogen and oxygen atoms in total. The Balaban J connectivity index is 1.16. The molecule has 4 rings (SSSR count). The number of likely N-dealkylation sites (tertiary alicyclic amines) is 2. The summed E-state index contributed by atoms with van der Waals surface area (Å²) in [6, 6.07) is 0. The minimum atomic E-state index is -0.253. The van der Waals surface area contributed by atoms with Gasteiger partial charge in [-0.25, -0.2) is 0 Å². The van der Waals surface area contributed by atoms with Crippen molar-refractivity contribution < 1.29 is 9.59 Å². The number of hydrogen-bond acceptors (Lipinski definition) is 2. The lowest BCUT2D eigenvalue weighted by molar-refractivity contribution is -0.142. The van der Waals surface area contributed by atoms with Crippen LogP contribution in [0.5, 0.6) is 0 Å². The van der Waals surface area contributed by atoms with Crippen molar-refractivity contribution in [2.45, 2.75) is 111 Å². The molecule has 1 spiro atoms. The van der Waals surface area contributed by atoms with Gasteiger partial charge in [-0.15, -0.1) is 0 Å². The molecule has 0 radical (unpaired) electrons. The second-order valence-corrected chi connectivity index (χ2v) is 13.4. The Labute approximate surface area is 203 Å². The predicted octanol–water partition coefficient (Wildman–Crippen LogP) is 6.29. The van der Waals surface area contributed by atoms with Gasteiger partial charge < -0.3 is 9.80 Å². The summed E-state index contributed by atoms with van der Waals surface area (Å²) in [5, 5.41) is 0. The normalized spacial score (nSPS) is 29.9. The molecule has 2 heterocycles. The van der Waals surface area contributed by atoms with Gasteiger partial charge in [-0.1, -0.05) is 27.7 Å². The van der Waals surface area contributed by atoms with Crippen LogP contribution in [0.2, 0.25) is 0 Å². The molecule has 0 aromatic rings. The molecule has 2 aliphatic heterocycles. The Bertz CT molecular complexity index is 662. The monoisotopic (exact) mass is 458 g/mol. The van der Waals surface area contributed by atoms with E-state index in [9.17, 15) is 9.59 Å². The van der Waals surface area contributed by atoms with Crippen LogP contribution < -0.4 is 0 Å². The molecular formula is C29H50N2O2. The Morgan fingerprint density at radius 3 is 1.82 bits per heavy atom. The molecule has 4 fully saturated rings. The molecule has 2 saturated carbocycles. The van der Waals surface area contributed by atoms with Crippen LogP contribution in [0.15, 0.2) is 0 Å². The van der Waals surface area contributed by atoms with Gasteiger partial charge in [0.15, 0.2) is 0 Å². The summed E-state index contributed by atoms with van der Waals surface area (Å²) in [5.74, 6) is 3.64. The van der Waals surface area contributed by atoms with E-state index in [1.807, 2.05) is 20.8 Å². The van der Waals surface area contributed by atoms with Crippen molar-refractivity contribution in [1.82, 2.24) is 9.80 Å². The number of carbonyl (C=O) groups is 2.